The predicted molar refractivity (Wildman–Crippen MR) is 122 cm³/mol. The number of sulfonamides is 1. The summed E-state index contributed by atoms with van der Waals surface area (Å²) < 4.78 is 28.6. The molecule has 7 nitrogen and oxygen atoms in total. The van der Waals surface area contributed by atoms with Gasteiger partial charge in [-0.2, -0.15) is 0 Å². The lowest BCUT2D eigenvalue weighted by molar-refractivity contribution is -0.135. The smallest absolute Gasteiger partial charge is 0.247 e. The summed E-state index contributed by atoms with van der Waals surface area (Å²) in [6, 6.07) is 4.72. The van der Waals surface area contributed by atoms with Crippen LogP contribution < -0.4 is 10.0 Å². The van der Waals surface area contributed by atoms with Crippen molar-refractivity contribution in [2.45, 2.75) is 79.4 Å². The summed E-state index contributed by atoms with van der Waals surface area (Å²) in [5.41, 5.74) is 0.454. The molecule has 1 saturated heterocycles. The first-order valence-electron chi connectivity index (χ1n) is 11.3. The van der Waals surface area contributed by atoms with Crippen LogP contribution in [-0.2, 0) is 19.6 Å². The number of amides is 2. The molecular formula is C22H31N3O4S2. The summed E-state index contributed by atoms with van der Waals surface area (Å²) >= 11 is 1.21. The van der Waals surface area contributed by atoms with Crippen LogP contribution in [0.5, 0.6) is 0 Å². The highest BCUT2D eigenvalue weighted by Gasteiger charge is 2.37. The van der Waals surface area contributed by atoms with Gasteiger partial charge >= 0.3 is 0 Å². The lowest BCUT2D eigenvalue weighted by Gasteiger charge is -2.33. The zero-order valence-corrected chi connectivity index (χ0v) is 19.6. The van der Waals surface area contributed by atoms with Crippen molar-refractivity contribution in [3.63, 3.8) is 0 Å². The van der Waals surface area contributed by atoms with Crippen molar-refractivity contribution in [3.05, 3.63) is 18.2 Å². The lowest BCUT2D eigenvalue weighted by atomic mass is 9.99. The van der Waals surface area contributed by atoms with Gasteiger partial charge in [-0.3, -0.25) is 9.59 Å². The molecular weight excluding hydrogens is 434 g/mol. The normalized spacial score (nSPS) is 23.7. The number of rotatable bonds is 4. The number of fused-ring (bicyclic) bond motifs is 1. The van der Waals surface area contributed by atoms with Crippen molar-refractivity contribution >= 4 is 39.3 Å². The number of thioether (sulfide) groups is 1. The van der Waals surface area contributed by atoms with Crippen molar-refractivity contribution in [1.29, 1.82) is 0 Å². The SMILES string of the molecule is CC1CCN(C(=O)[C@H]2Sc3ccc(S(=O)(=O)NC4CCCCCC4)cc3NC2=O)CC1. The molecule has 1 aliphatic carbocycles. The number of hydrogen-bond donors (Lipinski definition) is 2. The fourth-order valence-electron chi connectivity index (χ4n) is 4.50. The van der Waals surface area contributed by atoms with Gasteiger partial charge in [-0.25, -0.2) is 13.1 Å². The monoisotopic (exact) mass is 465 g/mol. The molecule has 4 rings (SSSR count). The van der Waals surface area contributed by atoms with Crippen LogP contribution in [0.4, 0.5) is 5.69 Å². The molecule has 0 spiro atoms. The molecule has 2 N–H and O–H groups in total. The number of piperidine rings is 1. The number of benzene rings is 1. The minimum Gasteiger partial charge on any atom is -0.341 e. The van der Waals surface area contributed by atoms with Crippen LogP contribution in [0.25, 0.3) is 0 Å². The molecule has 1 aromatic carbocycles. The van der Waals surface area contributed by atoms with E-state index in [1.54, 1.807) is 17.0 Å². The number of carbonyl (C=O) groups is 2. The highest BCUT2D eigenvalue weighted by molar-refractivity contribution is 8.01. The largest absolute Gasteiger partial charge is 0.341 e. The summed E-state index contributed by atoms with van der Waals surface area (Å²) in [4.78, 5) is 28.2. The molecule has 2 heterocycles. The predicted octanol–water partition coefficient (Wildman–Crippen LogP) is 3.36. The molecule has 1 atom stereocenters. The van der Waals surface area contributed by atoms with Gasteiger partial charge in [0, 0.05) is 24.0 Å². The summed E-state index contributed by atoms with van der Waals surface area (Å²) in [6.07, 6.45) is 8.00. The number of nitrogens with zero attached hydrogens (tertiary/aromatic N) is 1. The molecule has 31 heavy (non-hydrogen) atoms. The first-order chi connectivity index (χ1) is 14.8. The van der Waals surface area contributed by atoms with Crippen LogP contribution in [-0.4, -0.2) is 49.5 Å². The Morgan fingerprint density at radius 3 is 2.45 bits per heavy atom. The molecule has 2 amide bonds. The van der Waals surface area contributed by atoms with E-state index in [-0.39, 0.29) is 22.8 Å². The van der Waals surface area contributed by atoms with E-state index in [1.165, 1.54) is 17.8 Å². The van der Waals surface area contributed by atoms with E-state index in [9.17, 15) is 18.0 Å². The first kappa shape index (κ1) is 22.6. The number of anilines is 1. The Kier molecular flexibility index (Phi) is 6.93. The number of hydrogen-bond acceptors (Lipinski definition) is 5. The second kappa shape index (κ2) is 9.50. The highest BCUT2D eigenvalue weighted by atomic mass is 32.2. The number of carbonyl (C=O) groups excluding carboxylic acids is 2. The maximum Gasteiger partial charge on any atom is 0.247 e. The third kappa shape index (κ3) is 5.26. The zero-order valence-electron chi connectivity index (χ0n) is 17.9. The van der Waals surface area contributed by atoms with Crippen molar-refractivity contribution in [2.75, 3.05) is 18.4 Å². The van der Waals surface area contributed by atoms with Crippen molar-refractivity contribution < 1.29 is 18.0 Å². The van der Waals surface area contributed by atoms with E-state index in [0.717, 1.165) is 56.3 Å². The molecule has 1 saturated carbocycles. The number of likely N-dealkylation sites (tertiary alicyclic amines) is 1. The minimum atomic E-state index is -3.67. The van der Waals surface area contributed by atoms with Crippen LogP contribution in [0.2, 0.25) is 0 Å². The van der Waals surface area contributed by atoms with Crippen LogP contribution in [0.1, 0.15) is 58.3 Å². The zero-order chi connectivity index (χ0) is 22.0. The molecule has 9 heteroatoms. The second-order valence-corrected chi connectivity index (χ2v) is 11.8. The fraction of sp³-hybridized carbons (Fsp3) is 0.636. The fourth-order valence-corrected chi connectivity index (χ4v) is 6.88. The van der Waals surface area contributed by atoms with E-state index in [0.29, 0.717) is 24.7 Å². The Labute approximate surface area is 188 Å². The van der Waals surface area contributed by atoms with Gasteiger partial charge in [0.1, 0.15) is 0 Å². The van der Waals surface area contributed by atoms with Gasteiger partial charge in [-0.1, -0.05) is 32.6 Å². The molecule has 0 aromatic heterocycles. The molecule has 1 aromatic rings. The molecule has 0 bridgehead atoms. The Balaban J connectivity index is 1.46. The Hall–Kier alpha value is -1.58. The number of nitrogens with one attached hydrogen (secondary N) is 2. The van der Waals surface area contributed by atoms with E-state index in [1.807, 2.05) is 0 Å². The molecule has 0 unspecified atom stereocenters. The third-order valence-corrected chi connectivity index (χ3v) is 9.28. The van der Waals surface area contributed by atoms with Gasteiger partial charge in [0.15, 0.2) is 5.25 Å². The van der Waals surface area contributed by atoms with Gasteiger partial charge in [0.25, 0.3) is 0 Å². The lowest BCUT2D eigenvalue weighted by Crippen LogP contribution is -2.47. The van der Waals surface area contributed by atoms with E-state index in [4.69, 9.17) is 0 Å². The Morgan fingerprint density at radius 2 is 1.77 bits per heavy atom. The standard InChI is InChI=1S/C22H31N3O4S2/c1-15-10-12-25(13-11-15)22(27)20-21(26)23-18-14-17(8-9-19(18)30-20)31(28,29)24-16-6-4-2-3-5-7-16/h8-9,14-16,20,24H,2-7,10-13H2,1H3,(H,23,26)/t20-/m0/s1. The van der Waals surface area contributed by atoms with Crippen LogP contribution >= 0.6 is 11.8 Å². The summed E-state index contributed by atoms with van der Waals surface area (Å²) in [6.45, 7) is 3.54. The third-order valence-electron chi connectivity index (χ3n) is 6.50. The van der Waals surface area contributed by atoms with Crippen molar-refractivity contribution in [1.82, 2.24) is 9.62 Å². The average molecular weight is 466 g/mol. The van der Waals surface area contributed by atoms with Gasteiger partial charge in [0.05, 0.1) is 10.6 Å². The van der Waals surface area contributed by atoms with E-state index < -0.39 is 15.3 Å². The van der Waals surface area contributed by atoms with Crippen LogP contribution in [0, 0.1) is 5.92 Å². The van der Waals surface area contributed by atoms with E-state index in [2.05, 4.69) is 17.0 Å². The molecule has 0 radical (unpaired) electrons. The topological polar surface area (TPSA) is 95.6 Å². The Morgan fingerprint density at radius 1 is 1.10 bits per heavy atom. The van der Waals surface area contributed by atoms with Crippen LogP contribution in [0.3, 0.4) is 0 Å². The van der Waals surface area contributed by atoms with Gasteiger partial charge < -0.3 is 10.2 Å². The molecule has 3 aliphatic rings. The second-order valence-electron chi connectivity index (χ2n) is 8.96. The van der Waals surface area contributed by atoms with Gasteiger partial charge in [-0.15, -0.1) is 11.8 Å². The Bertz CT molecular complexity index is 934. The van der Waals surface area contributed by atoms with Gasteiger partial charge in [0.2, 0.25) is 21.8 Å². The molecule has 170 valence electrons. The first-order valence-corrected chi connectivity index (χ1v) is 13.6. The maximum absolute atomic E-state index is 12.9. The van der Waals surface area contributed by atoms with Gasteiger partial charge in [-0.05, 0) is 49.8 Å². The summed E-state index contributed by atoms with van der Waals surface area (Å²) in [7, 11) is -3.67. The molecule has 2 aliphatic heterocycles. The molecule has 2 fully saturated rings. The minimum absolute atomic E-state index is 0.0400. The van der Waals surface area contributed by atoms with Crippen LogP contribution in [0.15, 0.2) is 28.0 Å². The quantitative estimate of drug-likeness (QED) is 0.525. The van der Waals surface area contributed by atoms with E-state index >= 15 is 0 Å². The van der Waals surface area contributed by atoms with Crippen molar-refractivity contribution in [3.8, 4) is 0 Å². The summed E-state index contributed by atoms with van der Waals surface area (Å²) in [5, 5.41) is 1.94. The average Bonchev–Trinajstić information content (AvgIpc) is 3.01. The maximum atomic E-state index is 12.9. The highest BCUT2D eigenvalue weighted by Crippen LogP contribution is 2.38. The summed E-state index contributed by atoms with van der Waals surface area (Å²) in [5.74, 6) is 0.0590. The van der Waals surface area contributed by atoms with Crippen molar-refractivity contribution in [2.24, 2.45) is 5.92 Å².